The Hall–Kier alpha value is -0.290. The van der Waals surface area contributed by atoms with E-state index in [-0.39, 0.29) is 6.04 Å². The summed E-state index contributed by atoms with van der Waals surface area (Å²) >= 11 is 0. The number of nitrogens with two attached hydrogens (primary N) is 1. The number of halogens is 3. The van der Waals surface area contributed by atoms with E-state index in [1.165, 1.54) is 4.90 Å². The van der Waals surface area contributed by atoms with Crippen LogP contribution in [-0.2, 0) is 0 Å². The maximum Gasteiger partial charge on any atom is 0.401 e. The lowest BCUT2D eigenvalue weighted by atomic mass is 10.1. The summed E-state index contributed by atoms with van der Waals surface area (Å²) in [5.74, 6) is 0. The second-order valence-electron chi connectivity index (χ2n) is 3.90. The van der Waals surface area contributed by atoms with Crippen LogP contribution in [0.15, 0.2) is 0 Å². The third-order valence-corrected chi connectivity index (χ3v) is 2.09. The zero-order valence-electron chi connectivity index (χ0n) is 9.48. The fraction of sp³-hybridized carbons (Fsp3) is 1.00. The van der Waals surface area contributed by atoms with E-state index in [2.05, 4.69) is 0 Å². The largest absolute Gasteiger partial charge is 0.401 e. The topological polar surface area (TPSA) is 29.3 Å². The van der Waals surface area contributed by atoms with E-state index in [4.69, 9.17) is 5.73 Å². The molecule has 2 N–H and O–H groups in total. The van der Waals surface area contributed by atoms with Gasteiger partial charge in [0.1, 0.15) is 0 Å². The quantitative estimate of drug-likeness (QED) is 0.722. The first kappa shape index (κ1) is 14.7. The van der Waals surface area contributed by atoms with Gasteiger partial charge in [0.2, 0.25) is 0 Å². The SMILES string of the molecule is CCCC(N)CN(CCC)CC(F)(F)F. The minimum Gasteiger partial charge on any atom is -0.327 e. The Morgan fingerprint density at radius 1 is 1.20 bits per heavy atom. The second-order valence-corrected chi connectivity index (χ2v) is 3.90. The van der Waals surface area contributed by atoms with Gasteiger partial charge in [0.25, 0.3) is 0 Å². The number of hydrogen-bond donors (Lipinski definition) is 1. The van der Waals surface area contributed by atoms with Crippen molar-refractivity contribution in [2.24, 2.45) is 5.73 Å². The summed E-state index contributed by atoms with van der Waals surface area (Å²) in [5, 5.41) is 0. The van der Waals surface area contributed by atoms with Crippen LogP contribution in [0.5, 0.6) is 0 Å². The van der Waals surface area contributed by atoms with Crippen molar-refractivity contribution in [3.05, 3.63) is 0 Å². The van der Waals surface area contributed by atoms with Crippen LogP contribution < -0.4 is 5.73 Å². The molecular weight excluding hydrogens is 205 g/mol. The maximum absolute atomic E-state index is 12.2. The lowest BCUT2D eigenvalue weighted by Crippen LogP contribution is -2.42. The zero-order valence-corrected chi connectivity index (χ0v) is 9.48. The van der Waals surface area contributed by atoms with Crippen LogP contribution in [0.1, 0.15) is 33.1 Å². The van der Waals surface area contributed by atoms with Gasteiger partial charge in [0.05, 0.1) is 6.54 Å². The molecule has 0 aromatic carbocycles. The number of rotatable bonds is 7. The van der Waals surface area contributed by atoms with E-state index in [1.807, 2.05) is 13.8 Å². The van der Waals surface area contributed by atoms with Crippen molar-refractivity contribution in [2.45, 2.75) is 45.3 Å². The molecule has 0 heterocycles. The predicted octanol–water partition coefficient (Wildman–Crippen LogP) is 2.39. The first-order valence-electron chi connectivity index (χ1n) is 5.43. The molecule has 0 bridgehead atoms. The summed E-state index contributed by atoms with van der Waals surface area (Å²) in [6.07, 6.45) is -1.72. The summed E-state index contributed by atoms with van der Waals surface area (Å²) in [6.45, 7) is 3.79. The van der Waals surface area contributed by atoms with Crippen LogP contribution >= 0.6 is 0 Å². The van der Waals surface area contributed by atoms with Crippen molar-refractivity contribution in [3.8, 4) is 0 Å². The summed E-state index contributed by atoms with van der Waals surface area (Å²) in [4.78, 5) is 1.39. The standard InChI is InChI=1S/C10H21F3N2/c1-3-5-9(14)7-15(6-4-2)8-10(11,12)13/h9H,3-8,14H2,1-2H3. The predicted molar refractivity (Wildman–Crippen MR) is 55.7 cm³/mol. The Kier molecular flexibility index (Phi) is 6.92. The van der Waals surface area contributed by atoms with Crippen LogP contribution in [0.3, 0.4) is 0 Å². The molecule has 0 spiro atoms. The molecule has 0 rings (SSSR count). The van der Waals surface area contributed by atoms with Gasteiger partial charge in [-0.1, -0.05) is 20.3 Å². The van der Waals surface area contributed by atoms with Crippen molar-refractivity contribution in [2.75, 3.05) is 19.6 Å². The molecule has 0 aromatic rings. The van der Waals surface area contributed by atoms with Gasteiger partial charge < -0.3 is 5.73 Å². The molecule has 0 radical (unpaired) electrons. The average molecular weight is 226 g/mol. The third kappa shape index (κ3) is 8.69. The first-order chi connectivity index (χ1) is 6.89. The smallest absolute Gasteiger partial charge is 0.327 e. The third-order valence-electron chi connectivity index (χ3n) is 2.09. The van der Waals surface area contributed by atoms with E-state index in [0.29, 0.717) is 13.1 Å². The van der Waals surface area contributed by atoms with Crippen molar-refractivity contribution >= 4 is 0 Å². The molecule has 0 fully saturated rings. The molecule has 0 aliphatic rings. The molecule has 0 aromatic heterocycles. The molecule has 92 valence electrons. The van der Waals surface area contributed by atoms with Crippen LogP contribution in [0.25, 0.3) is 0 Å². The van der Waals surface area contributed by atoms with Crippen molar-refractivity contribution < 1.29 is 13.2 Å². The lowest BCUT2D eigenvalue weighted by molar-refractivity contribution is -0.146. The van der Waals surface area contributed by atoms with Gasteiger partial charge in [0.15, 0.2) is 0 Å². The van der Waals surface area contributed by atoms with E-state index < -0.39 is 12.7 Å². The maximum atomic E-state index is 12.2. The van der Waals surface area contributed by atoms with Crippen LogP contribution in [0.2, 0.25) is 0 Å². The highest BCUT2D eigenvalue weighted by atomic mass is 19.4. The highest BCUT2D eigenvalue weighted by molar-refractivity contribution is 4.70. The molecule has 0 amide bonds. The summed E-state index contributed by atoms with van der Waals surface area (Å²) in [5.41, 5.74) is 5.73. The van der Waals surface area contributed by atoms with Crippen LogP contribution in [0, 0.1) is 0 Å². The van der Waals surface area contributed by atoms with Crippen LogP contribution in [-0.4, -0.2) is 36.8 Å². The van der Waals surface area contributed by atoms with Gasteiger partial charge in [-0.05, 0) is 19.4 Å². The molecule has 15 heavy (non-hydrogen) atoms. The van der Waals surface area contributed by atoms with Crippen LogP contribution in [0.4, 0.5) is 13.2 Å². The summed E-state index contributed by atoms with van der Waals surface area (Å²) in [7, 11) is 0. The Labute approximate surface area is 89.6 Å². The molecule has 0 aliphatic carbocycles. The van der Waals surface area contributed by atoms with E-state index in [9.17, 15) is 13.2 Å². The lowest BCUT2D eigenvalue weighted by Gasteiger charge is -2.25. The van der Waals surface area contributed by atoms with Crippen molar-refractivity contribution in [1.82, 2.24) is 4.90 Å². The molecule has 5 heteroatoms. The average Bonchev–Trinajstić information content (AvgIpc) is 2.01. The van der Waals surface area contributed by atoms with Gasteiger partial charge in [-0.25, -0.2) is 0 Å². The highest BCUT2D eigenvalue weighted by Crippen LogP contribution is 2.16. The van der Waals surface area contributed by atoms with Crippen molar-refractivity contribution in [1.29, 1.82) is 0 Å². The monoisotopic (exact) mass is 226 g/mol. The number of alkyl halides is 3. The van der Waals surface area contributed by atoms with Crippen molar-refractivity contribution in [3.63, 3.8) is 0 Å². The van der Waals surface area contributed by atoms with Gasteiger partial charge in [-0.3, -0.25) is 4.90 Å². The zero-order chi connectivity index (χ0) is 11.9. The minimum atomic E-state index is -4.12. The second kappa shape index (κ2) is 7.06. The Morgan fingerprint density at radius 3 is 2.20 bits per heavy atom. The normalized spacial score (nSPS) is 14.6. The number of nitrogens with zero attached hydrogens (tertiary/aromatic N) is 1. The Bertz CT molecular complexity index is 159. The van der Waals surface area contributed by atoms with Gasteiger partial charge in [0, 0.05) is 12.6 Å². The van der Waals surface area contributed by atoms with Gasteiger partial charge >= 0.3 is 6.18 Å². The molecular formula is C10H21F3N2. The van der Waals surface area contributed by atoms with E-state index >= 15 is 0 Å². The van der Waals surface area contributed by atoms with E-state index in [1.54, 1.807) is 0 Å². The summed E-state index contributed by atoms with van der Waals surface area (Å²) in [6, 6.07) is -0.149. The Balaban J connectivity index is 4.03. The van der Waals surface area contributed by atoms with Gasteiger partial charge in [-0.15, -0.1) is 0 Å². The molecule has 1 atom stereocenters. The Morgan fingerprint density at radius 2 is 1.80 bits per heavy atom. The highest BCUT2D eigenvalue weighted by Gasteiger charge is 2.30. The van der Waals surface area contributed by atoms with Gasteiger partial charge in [-0.2, -0.15) is 13.2 Å². The fourth-order valence-corrected chi connectivity index (χ4v) is 1.60. The fourth-order valence-electron chi connectivity index (χ4n) is 1.60. The molecule has 0 saturated carbocycles. The first-order valence-corrected chi connectivity index (χ1v) is 5.43. The number of hydrogen-bond acceptors (Lipinski definition) is 2. The molecule has 0 saturated heterocycles. The summed E-state index contributed by atoms with van der Waals surface area (Å²) < 4.78 is 36.5. The molecule has 1 unspecified atom stereocenters. The molecule has 0 aliphatic heterocycles. The minimum absolute atomic E-state index is 0.149. The molecule has 2 nitrogen and oxygen atoms in total. The van der Waals surface area contributed by atoms with E-state index in [0.717, 1.165) is 19.3 Å².